The van der Waals surface area contributed by atoms with Crippen LogP contribution in [0, 0.1) is 27.7 Å². The summed E-state index contributed by atoms with van der Waals surface area (Å²) in [6.45, 7) is 8.33. The van der Waals surface area contributed by atoms with E-state index < -0.39 is 0 Å². The summed E-state index contributed by atoms with van der Waals surface area (Å²) in [5, 5.41) is 8.73. The van der Waals surface area contributed by atoms with Crippen molar-refractivity contribution in [2.75, 3.05) is 0 Å². The van der Waals surface area contributed by atoms with E-state index in [1.165, 1.54) is 22.3 Å². The molecular weight excluding hydrogens is 220 g/mol. The van der Waals surface area contributed by atoms with Crippen LogP contribution in [-0.2, 0) is 0 Å². The van der Waals surface area contributed by atoms with Gasteiger partial charge < -0.3 is 0 Å². The van der Waals surface area contributed by atoms with Gasteiger partial charge in [0.1, 0.15) is 0 Å². The minimum absolute atomic E-state index is 0.941. The van der Waals surface area contributed by atoms with Crippen LogP contribution in [0.4, 0.5) is 11.4 Å². The van der Waals surface area contributed by atoms with Gasteiger partial charge in [-0.1, -0.05) is 24.3 Å². The average molecular weight is 238 g/mol. The van der Waals surface area contributed by atoms with Crippen molar-refractivity contribution in [1.29, 1.82) is 0 Å². The molecule has 0 heterocycles. The van der Waals surface area contributed by atoms with Crippen LogP contribution in [-0.4, -0.2) is 0 Å². The Morgan fingerprint density at radius 2 is 1.00 bits per heavy atom. The molecule has 0 saturated carbocycles. The van der Waals surface area contributed by atoms with Crippen molar-refractivity contribution in [2.45, 2.75) is 27.7 Å². The van der Waals surface area contributed by atoms with Crippen LogP contribution < -0.4 is 0 Å². The standard InChI is InChI=1S/C16H18N2/c1-11-7-5-9-15(13(11)3)17-18-16-10-6-8-12(2)14(16)4/h5-10H,1-4H3. The van der Waals surface area contributed by atoms with Crippen LogP contribution in [0.2, 0.25) is 0 Å². The highest BCUT2D eigenvalue weighted by Gasteiger charge is 2.01. The smallest absolute Gasteiger partial charge is 0.0888 e. The number of azo groups is 1. The molecule has 0 amide bonds. The molecule has 2 nitrogen and oxygen atoms in total. The highest BCUT2D eigenvalue weighted by molar-refractivity contribution is 5.51. The summed E-state index contributed by atoms with van der Waals surface area (Å²) < 4.78 is 0. The van der Waals surface area contributed by atoms with E-state index in [2.05, 4.69) is 50.1 Å². The molecule has 0 unspecified atom stereocenters. The molecule has 0 saturated heterocycles. The lowest BCUT2D eigenvalue weighted by atomic mass is 10.1. The Labute approximate surface area is 108 Å². The van der Waals surface area contributed by atoms with Crippen LogP contribution in [0.25, 0.3) is 0 Å². The van der Waals surface area contributed by atoms with Crippen LogP contribution >= 0.6 is 0 Å². The lowest BCUT2D eigenvalue weighted by Crippen LogP contribution is -1.81. The van der Waals surface area contributed by atoms with Crippen LogP contribution in [0.1, 0.15) is 22.3 Å². The van der Waals surface area contributed by atoms with Crippen molar-refractivity contribution in [3.8, 4) is 0 Å². The second-order valence-electron chi connectivity index (χ2n) is 4.64. The first-order valence-electron chi connectivity index (χ1n) is 6.14. The van der Waals surface area contributed by atoms with E-state index >= 15 is 0 Å². The van der Waals surface area contributed by atoms with Crippen molar-refractivity contribution in [3.63, 3.8) is 0 Å². The molecular formula is C16H18N2. The summed E-state index contributed by atoms with van der Waals surface area (Å²) in [5.41, 5.74) is 6.74. The summed E-state index contributed by atoms with van der Waals surface area (Å²) >= 11 is 0. The van der Waals surface area contributed by atoms with Gasteiger partial charge in [0.15, 0.2) is 0 Å². The van der Waals surface area contributed by atoms with Crippen LogP contribution in [0.3, 0.4) is 0 Å². The number of aryl methyl sites for hydroxylation is 2. The zero-order valence-corrected chi connectivity index (χ0v) is 11.4. The molecule has 0 N–H and O–H groups in total. The van der Waals surface area contributed by atoms with Crippen LogP contribution in [0.5, 0.6) is 0 Å². The third-order valence-corrected chi connectivity index (χ3v) is 3.42. The Kier molecular flexibility index (Phi) is 3.56. The molecule has 2 heteroatoms. The third kappa shape index (κ3) is 2.48. The van der Waals surface area contributed by atoms with Gasteiger partial charge in [-0.2, -0.15) is 10.2 Å². The molecule has 92 valence electrons. The maximum Gasteiger partial charge on any atom is 0.0888 e. The minimum atomic E-state index is 0.941. The molecule has 2 aromatic rings. The van der Waals surface area contributed by atoms with E-state index in [1.807, 2.05) is 24.3 Å². The van der Waals surface area contributed by atoms with Gasteiger partial charge >= 0.3 is 0 Å². The number of rotatable bonds is 2. The molecule has 0 fully saturated rings. The Morgan fingerprint density at radius 1 is 0.611 bits per heavy atom. The average Bonchev–Trinajstić information content (AvgIpc) is 2.36. The Bertz CT molecular complexity index is 545. The van der Waals surface area contributed by atoms with Crippen molar-refractivity contribution in [1.82, 2.24) is 0 Å². The van der Waals surface area contributed by atoms with Gasteiger partial charge in [-0.3, -0.25) is 0 Å². The molecule has 18 heavy (non-hydrogen) atoms. The zero-order chi connectivity index (χ0) is 13.1. The monoisotopic (exact) mass is 238 g/mol. The summed E-state index contributed by atoms with van der Waals surface area (Å²) in [6.07, 6.45) is 0. The number of hydrogen-bond donors (Lipinski definition) is 0. The van der Waals surface area contributed by atoms with E-state index in [0.29, 0.717) is 0 Å². The third-order valence-electron chi connectivity index (χ3n) is 3.42. The first-order chi connectivity index (χ1) is 8.59. The van der Waals surface area contributed by atoms with E-state index in [0.717, 1.165) is 11.4 Å². The maximum absolute atomic E-state index is 4.36. The predicted octanol–water partition coefficient (Wildman–Crippen LogP) is 5.34. The van der Waals surface area contributed by atoms with Gasteiger partial charge in [0.05, 0.1) is 11.4 Å². The van der Waals surface area contributed by atoms with Gasteiger partial charge in [0.2, 0.25) is 0 Å². The fourth-order valence-electron chi connectivity index (χ4n) is 1.80. The Balaban J connectivity index is 2.36. The van der Waals surface area contributed by atoms with E-state index in [4.69, 9.17) is 0 Å². The molecule has 0 atom stereocenters. The lowest BCUT2D eigenvalue weighted by Gasteiger charge is -2.04. The quantitative estimate of drug-likeness (QED) is 0.631. The van der Waals surface area contributed by atoms with E-state index in [-0.39, 0.29) is 0 Å². The fourth-order valence-corrected chi connectivity index (χ4v) is 1.80. The Hall–Kier alpha value is -1.96. The summed E-state index contributed by atoms with van der Waals surface area (Å²) in [7, 11) is 0. The summed E-state index contributed by atoms with van der Waals surface area (Å²) in [4.78, 5) is 0. The van der Waals surface area contributed by atoms with Crippen molar-refractivity contribution >= 4 is 11.4 Å². The first kappa shape index (κ1) is 12.5. The maximum atomic E-state index is 4.36. The summed E-state index contributed by atoms with van der Waals surface area (Å²) in [6, 6.07) is 12.2. The second-order valence-corrected chi connectivity index (χ2v) is 4.64. The van der Waals surface area contributed by atoms with Gasteiger partial charge in [-0.25, -0.2) is 0 Å². The molecule has 0 aliphatic heterocycles. The highest BCUT2D eigenvalue weighted by Crippen LogP contribution is 2.26. The molecule has 0 aromatic heterocycles. The van der Waals surface area contributed by atoms with E-state index in [9.17, 15) is 0 Å². The van der Waals surface area contributed by atoms with Crippen LogP contribution in [0.15, 0.2) is 46.6 Å². The lowest BCUT2D eigenvalue weighted by molar-refractivity contribution is 1.17. The molecule has 2 rings (SSSR count). The minimum Gasteiger partial charge on any atom is -0.150 e. The fraction of sp³-hybridized carbons (Fsp3) is 0.250. The molecule has 0 spiro atoms. The van der Waals surface area contributed by atoms with Gasteiger partial charge in [-0.15, -0.1) is 0 Å². The second kappa shape index (κ2) is 5.13. The molecule has 2 aromatic carbocycles. The topological polar surface area (TPSA) is 24.7 Å². The molecule has 0 aliphatic carbocycles. The number of hydrogen-bond acceptors (Lipinski definition) is 2. The zero-order valence-electron chi connectivity index (χ0n) is 11.4. The largest absolute Gasteiger partial charge is 0.150 e. The summed E-state index contributed by atoms with van der Waals surface area (Å²) in [5.74, 6) is 0. The number of benzene rings is 2. The van der Waals surface area contributed by atoms with Gasteiger partial charge in [0, 0.05) is 0 Å². The highest BCUT2D eigenvalue weighted by atomic mass is 15.1. The van der Waals surface area contributed by atoms with E-state index in [1.54, 1.807) is 0 Å². The van der Waals surface area contributed by atoms with Gasteiger partial charge in [-0.05, 0) is 62.1 Å². The Morgan fingerprint density at radius 3 is 1.39 bits per heavy atom. The number of nitrogens with zero attached hydrogens (tertiary/aromatic N) is 2. The van der Waals surface area contributed by atoms with Crippen molar-refractivity contribution in [2.24, 2.45) is 10.2 Å². The normalized spacial score (nSPS) is 11.1. The van der Waals surface area contributed by atoms with Gasteiger partial charge in [0.25, 0.3) is 0 Å². The molecule has 0 aliphatic rings. The van der Waals surface area contributed by atoms with Crippen molar-refractivity contribution in [3.05, 3.63) is 58.7 Å². The van der Waals surface area contributed by atoms with Crippen molar-refractivity contribution < 1.29 is 0 Å². The SMILES string of the molecule is Cc1cccc(N=Nc2cccc(C)c2C)c1C. The first-order valence-corrected chi connectivity index (χ1v) is 6.14. The molecule has 0 bridgehead atoms. The molecule has 0 radical (unpaired) electrons. The predicted molar refractivity (Wildman–Crippen MR) is 76.0 cm³/mol.